The predicted octanol–water partition coefficient (Wildman–Crippen LogP) is 1.28. The third-order valence-corrected chi connectivity index (χ3v) is 0.899. The van der Waals surface area contributed by atoms with Crippen LogP contribution in [-0.4, -0.2) is 11.1 Å². The van der Waals surface area contributed by atoms with Gasteiger partial charge in [-0.05, 0) is 5.92 Å². The van der Waals surface area contributed by atoms with Gasteiger partial charge in [0.2, 0.25) is 0 Å². The highest BCUT2D eigenvalue weighted by atomic mass is 16.4. The second-order valence-corrected chi connectivity index (χ2v) is 1.81. The Labute approximate surface area is 48.8 Å². The van der Waals surface area contributed by atoms with E-state index in [9.17, 15) is 4.79 Å². The first-order chi connectivity index (χ1) is 3.66. The Kier molecular flexibility index (Phi) is 2.92. The van der Waals surface area contributed by atoms with E-state index in [0.717, 1.165) is 0 Å². The van der Waals surface area contributed by atoms with Gasteiger partial charge >= 0.3 is 5.97 Å². The Morgan fingerprint density at radius 2 is 2.50 bits per heavy atom. The lowest BCUT2D eigenvalue weighted by Gasteiger charge is -1.96. The summed E-state index contributed by atoms with van der Waals surface area (Å²) in [5.41, 5.74) is 0. The first-order valence-corrected chi connectivity index (χ1v) is 2.51. The van der Waals surface area contributed by atoms with E-state index in [4.69, 9.17) is 5.11 Å². The number of carboxylic acids is 1. The van der Waals surface area contributed by atoms with Gasteiger partial charge in [0.1, 0.15) is 0 Å². The Morgan fingerprint density at radius 1 is 2.00 bits per heavy atom. The molecule has 0 radical (unpaired) electrons. The second-order valence-electron chi connectivity index (χ2n) is 1.81. The molecule has 0 unspecified atom stereocenters. The molecule has 1 atom stereocenters. The summed E-state index contributed by atoms with van der Waals surface area (Å²) in [7, 11) is 0. The van der Waals surface area contributed by atoms with Gasteiger partial charge in [0.15, 0.2) is 0 Å². The van der Waals surface area contributed by atoms with Crippen LogP contribution in [0.4, 0.5) is 0 Å². The largest absolute Gasteiger partial charge is 0.481 e. The monoisotopic (exact) mass is 114 g/mol. The van der Waals surface area contributed by atoms with Crippen LogP contribution in [0.1, 0.15) is 13.3 Å². The lowest BCUT2D eigenvalue weighted by Crippen LogP contribution is -2.00. The maximum Gasteiger partial charge on any atom is 0.303 e. The molecule has 0 aliphatic rings. The maximum absolute atomic E-state index is 9.92. The standard InChI is InChI=1S/C6H10O2/c1-3-5(2)4-6(7)8/h3,5H,1,4H2,2H3,(H,7,8)/t5-/m0/s1. The van der Waals surface area contributed by atoms with Gasteiger partial charge < -0.3 is 5.11 Å². The fourth-order valence-electron chi connectivity index (χ4n) is 0.359. The van der Waals surface area contributed by atoms with Gasteiger partial charge in [-0.15, -0.1) is 6.58 Å². The molecule has 0 aromatic heterocycles. The topological polar surface area (TPSA) is 37.3 Å². The number of hydrogen-bond donors (Lipinski definition) is 1. The van der Waals surface area contributed by atoms with Crippen molar-refractivity contribution in [3.8, 4) is 0 Å². The van der Waals surface area contributed by atoms with Crippen LogP contribution in [0.25, 0.3) is 0 Å². The van der Waals surface area contributed by atoms with Crippen molar-refractivity contribution in [1.82, 2.24) is 0 Å². The van der Waals surface area contributed by atoms with E-state index in [2.05, 4.69) is 6.58 Å². The molecule has 0 aliphatic carbocycles. The minimum atomic E-state index is -0.766. The van der Waals surface area contributed by atoms with E-state index in [1.165, 1.54) is 0 Å². The third-order valence-electron chi connectivity index (χ3n) is 0.899. The van der Waals surface area contributed by atoms with Gasteiger partial charge in [-0.1, -0.05) is 13.0 Å². The van der Waals surface area contributed by atoms with E-state index < -0.39 is 5.97 Å². The summed E-state index contributed by atoms with van der Waals surface area (Å²) in [6.07, 6.45) is 1.82. The molecular weight excluding hydrogens is 104 g/mol. The van der Waals surface area contributed by atoms with Gasteiger partial charge in [0, 0.05) is 0 Å². The van der Waals surface area contributed by atoms with Crippen LogP contribution in [0.2, 0.25) is 0 Å². The lowest BCUT2D eigenvalue weighted by molar-refractivity contribution is -0.137. The summed E-state index contributed by atoms with van der Waals surface area (Å²) >= 11 is 0. The summed E-state index contributed by atoms with van der Waals surface area (Å²) in [5, 5.41) is 8.17. The molecule has 0 rings (SSSR count). The molecule has 2 nitrogen and oxygen atoms in total. The van der Waals surface area contributed by atoms with Crippen molar-refractivity contribution in [3.05, 3.63) is 12.7 Å². The normalized spacial score (nSPS) is 12.6. The first kappa shape index (κ1) is 7.21. The molecule has 0 aromatic carbocycles. The smallest absolute Gasteiger partial charge is 0.303 e. The van der Waals surface area contributed by atoms with Crippen LogP contribution in [0.3, 0.4) is 0 Å². The van der Waals surface area contributed by atoms with Crippen molar-refractivity contribution < 1.29 is 9.90 Å². The highest BCUT2D eigenvalue weighted by molar-refractivity contribution is 5.67. The quantitative estimate of drug-likeness (QED) is 0.561. The van der Waals surface area contributed by atoms with Crippen LogP contribution in [0, 0.1) is 5.92 Å². The minimum absolute atomic E-state index is 0.0903. The SMILES string of the molecule is C=C[C@H](C)CC(=O)O. The minimum Gasteiger partial charge on any atom is -0.481 e. The summed E-state index contributed by atoms with van der Waals surface area (Å²) in [6.45, 7) is 5.27. The maximum atomic E-state index is 9.92. The van der Waals surface area contributed by atoms with Crippen molar-refractivity contribution in [2.45, 2.75) is 13.3 Å². The van der Waals surface area contributed by atoms with E-state index >= 15 is 0 Å². The number of aliphatic carboxylic acids is 1. The Hall–Kier alpha value is -0.790. The van der Waals surface area contributed by atoms with Crippen LogP contribution in [0.5, 0.6) is 0 Å². The molecule has 0 saturated heterocycles. The van der Waals surface area contributed by atoms with Crippen LogP contribution >= 0.6 is 0 Å². The van der Waals surface area contributed by atoms with Crippen LogP contribution in [0.15, 0.2) is 12.7 Å². The fraction of sp³-hybridized carbons (Fsp3) is 0.500. The molecule has 0 heterocycles. The van der Waals surface area contributed by atoms with Gasteiger partial charge in [0.25, 0.3) is 0 Å². The van der Waals surface area contributed by atoms with Gasteiger partial charge in [-0.25, -0.2) is 0 Å². The molecule has 8 heavy (non-hydrogen) atoms. The Morgan fingerprint density at radius 3 is 2.62 bits per heavy atom. The average molecular weight is 114 g/mol. The summed E-state index contributed by atoms with van der Waals surface area (Å²) < 4.78 is 0. The zero-order valence-corrected chi connectivity index (χ0v) is 4.92. The zero-order valence-electron chi connectivity index (χ0n) is 4.92. The molecular formula is C6H10O2. The highest BCUT2D eigenvalue weighted by Gasteiger charge is 2.00. The summed E-state index contributed by atoms with van der Waals surface area (Å²) in [4.78, 5) is 9.92. The number of rotatable bonds is 3. The molecule has 0 aliphatic heterocycles. The Bertz CT molecular complexity index is 96.7. The number of carboxylic acid groups (broad SMARTS) is 1. The van der Waals surface area contributed by atoms with E-state index in [1.807, 2.05) is 6.92 Å². The first-order valence-electron chi connectivity index (χ1n) is 2.51. The van der Waals surface area contributed by atoms with Crippen molar-refractivity contribution >= 4 is 5.97 Å². The van der Waals surface area contributed by atoms with Crippen LogP contribution < -0.4 is 0 Å². The lowest BCUT2D eigenvalue weighted by atomic mass is 10.1. The number of carbonyl (C=O) groups is 1. The molecule has 0 fully saturated rings. The molecule has 0 spiro atoms. The van der Waals surface area contributed by atoms with Gasteiger partial charge in [-0.2, -0.15) is 0 Å². The van der Waals surface area contributed by atoms with E-state index in [-0.39, 0.29) is 12.3 Å². The molecule has 0 saturated carbocycles. The van der Waals surface area contributed by atoms with Gasteiger partial charge in [0.05, 0.1) is 6.42 Å². The highest BCUT2D eigenvalue weighted by Crippen LogP contribution is 2.00. The molecule has 0 aromatic rings. The number of hydrogen-bond acceptors (Lipinski definition) is 1. The summed E-state index contributed by atoms with van der Waals surface area (Å²) in [6, 6.07) is 0. The predicted molar refractivity (Wildman–Crippen MR) is 31.6 cm³/mol. The van der Waals surface area contributed by atoms with Crippen molar-refractivity contribution in [2.24, 2.45) is 5.92 Å². The fourth-order valence-corrected chi connectivity index (χ4v) is 0.359. The number of allylic oxidation sites excluding steroid dienone is 1. The molecule has 2 heteroatoms. The molecule has 0 bridgehead atoms. The molecule has 46 valence electrons. The average Bonchev–Trinajstić information content (AvgIpc) is 1.65. The van der Waals surface area contributed by atoms with Gasteiger partial charge in [-0.3, -0.25) is 4.79 Å². The van der Waals surface area contributed by atoms with Crippen LogP contribution in [-0.2, 0) is 4.79 Å². The van der Waals surface area contributed by atoms with Crippen molar-refractivity contribution in [2.75, 3.05) is 0 Å². The van der Waals surface area contributed by atoms with E-state index in [0.29, 0.717) is 0 Å². The Balaban J connectivity index is 3.38. The third kappa shape index (κ3) is 3.40. The van der Waals surface area contributed by atoms with E-state index in [1.54, 1.807) is 6.08 Å². The second kappa shape index (κ2) is 3.24. The molecule has 0 amide bonds. The zero-order chi connectivity index (χ0) is 6.57. The molecule has 1 N–H and O–H groups in total. The van der Waals surface area contributed by atoms with Crippen molar-refractivity contribution in [3.63, 3.8) is 0 Å². The van der Waals surface area contributed by atoms with Crippen molar-refractivity contribution in [1.29, 1.82) is 0 Å². The summed E-state index contributed by atoms with van der Waals surface area (Å²) in [5.74, 6) is -0.676.